The summed E-state index contributed by atoms with van der Waals surface area (Å²) >= 11 is 0. The average Bonchev–Trinajstić information content (AvgIpc) is 2.72. The van der Waals surface area contributed by atoms with Crippen molar-refractivity contribution in [1.82, 2.24) is 0 Å². The Morgan fingerprint density at radius 1 is 1.14 bits per heavy atom. The molecule has 2 rings (SSSR count). The molecule has 0 saturated heterocycles. The second-order valence-corrected chi connectivity index (χ2v) is 6.07. The van der Waals surface area contributed by atoms with Crippen LogP contribution in [0.2, 0.25) is 0 Å². The molecule has 2 aliphatic carbocycles. The van der Waals surface area contributed by atoms with Crippen LogP contribution in [0.5, 0.6) is 0 Å². The van der Waals surface area contributed by atoms with Gasteiger partial charge in [-0.3, -0.25) is 0 Å². The lowest BCUT2D eigenvalue weighted by molar-refractivity contribution is 0.318. The summed E-state index contributed by atoms with van der Waals surface area (Å²) in [6.45, 7) is 7.26. The van der Waals surface area contributed by atoms with Crippen molar-refractivity contribution >= 4 is 0 Å². The van der Waals surface area contributed by atoms with Gasteiger partial charge in [0.1, 0.15) is 0 Å². The molecule has 2 fully saturated rings. The fraction of sp³-hybridized carbons (Fsp3) is 1.00. The van der Waals surface area contributed by atoms with Crippen molar-refractivity contribution in [2.24, 2.45) is 29.6 Å². The van der Waals surface area contributed by atoms with Crippen LogP contribution in [0.3, 0.4) is 0 Å². The summed E-state index contributed by atoms with van der Waals surface area (Å²) in [4.78, 5) is 0. The Labute approximate surface area is 89.5 Å². The Bertz CT molecular complexity index is 184. The molecule has 0 amide bonds. The van der Waals surface area contributed by atoms with E-state index in [4.69, 9.17) is 0 Å². The highest BCUT2D eigenvalue weighted by Gasteiger charge is 2.39. The van der Waals surface area contributed by atoms with E-state index >= 15 is 0 Å². The lowest BCUT2D eigenvalue weighted by atomic mass is 9.87. The first-order chi connectivity index (χ1) is 6.70. The molecule has 0 aromatic rings. The van der Waals surface area contributed by atoms with Crippen molar-refractivity contribution in [3.8, 4) is 0 Å². The molecule has 82 valence electrons. The Kier molecular flexibility index (Phi) is 3.19. The van der Waals surface area contributed by atoms with Crippen molar-refractivity contribution in [2.75, 3.05) is 0 Å². The summed E-state index contributed by atoms with van der Waals surface area (Å²) in [6, 6.07) is 0. The van der Waals surface area contributed by atoms with Gasteiger partial charge in [0.05, 0.1) is 0 Å². The maximum atomic E-state index is 2.44. The predicted octanol–water partition coefficient (Wildman–Crippen LogP) is 4.49. The molecule has 0 N–H and O–H groups in total. The van der Waals surface area contributed by atoms with Crippen LogP contribution in [0.25, 0.3) is 0 Å². The molecule has 14 heavy (non-hydrogen) atoms. The van der Waals surface area contributed by atoms with Crippen LogP contribution in [0.4, 0.5) is 0 Å². The monoisotopic (exact) mass is 194 g/mol. The maximum absolute atomic E-state index is 2.44. The van der Waals surface area contributed by atoms with E-state index in [-0.39, 0.29) is 0 Å². The van der Waals surface area contributed by atoms with E-state index in [1.807, 2.05) is 0 Å². The van der Waals surface area contributed by atoms with Crippen molar-refractivity contribution in [1.29, 1.82) is 0 Å². The normalized spacial score (nSPS) is 43.9. The van der Waals surface area contributed by atoms with Gasteiger partial charge in [-0.05, 0) is 48.9 Å². The van der Waals surface area contributed by atoms with Gasteiger partial charge < -0.3 is 0 Å². The fourth-order valence-corrected chi connectivity index (χ4v) is 3.62. The van der Waals surface area contributed by atoms with E-state index in [9.17, 15) is 0 Å². The van der Waals surface area contributed by atoms with E-state index in [1.54, 1.807) is 6.42 Å². The molecule has 0 heteroatoms. The summed E-state index contributed by atoms with van der Waals surface area (Å²) in [5.74, 6) is 5.34. The topological polar surface area (TPSA) is 0 Å². The number of hydrogen-bond donors (Lipinski definition) is 0. The molecule has 5 atom stereocenters. The van der Waals surface area contributed by atoms with Crippen LogP contribution in [0.15, 0.2) is 0 Å². The zero-order chi connectivity index (χ0) is 10.1. The highest BCUT2D eigenvalue weighted by molar-refractivity contribution is 4.89. The molecule has 0 aromatic heterocycles. The second kappa shape index (κ2) is 4.24. The standard InChI is InChI=1S/C14H26/c1-4-13(14-8-11(14)3)9-12-6-5-10(2)7-12/h10-14H,4-9H2,1-3H3. The summed E-state index contributed by atoms with van der Waals surface area (Å²) < 4.78 is 0. The van der Waals surface area contributed by atoms with Crippen LogP contribution in [0, 0.1) is 29.6 Å². The fourth-order valence-electron chi connectivity index (χ4n) is 3.62. The first-order valence-corrected chi connectivity index (χ1v) is 6.70. The first-order valence-electron chi connectivity index (χ1n) is 6.70. The molecular formula is C14H26. The predicted molar refractivity (Wildman–Crippen MR) is 62.2 cm³/mol. The van der Waals surface area contributed by atoms with Gasteiger partial charge in [-0.25, -0.2) is 0 Å². The molecular weight excluding hydrogens is 168 g/mol. The smallest absolute Gasteiger partial charge is 0.0357 e. The summed E-state index contributed by atoms with van der Waals surface area (Å²) in [7, 11) is 0. The minimum Gasteiger partial charge on any atom is -0.0651 e. The van der Waals surface area contributed by atoms with Crippen LogP contribution in [0.1, 0.15) is 59.3 Å². The first kappa shape index (κ1) is 10.5. The van der Waals surface area contributed by atoms with E-state index in [0.29, 0.717) is 0 Å². The molecule has 2 saturated carbocycles. The van der Waals surface area contributed by atoms with E-state index in [0.717, 1.165) is 29.6 Å². The Morgan fingerprint density at radius 2 is 1.86 bits per heavy atom. The Morgan fingerprint density at radius 3 is 2.29 bits per heavy atom. The van der Waals surface area contributed by atoms with Crippen molar-refractivity contribution in [3.05, 3.63) is 0 Å². The van der Waals surface area contributed by atoms with Crippen LogP contribution < -0.4 is 0 Å². The molecule has 0 aromatic carbocycles. The zero-order valence-electron chi connectivity index (χ0n) is 10.1. The summed E-state index contributed by atoms with van der Waals surface area (Å²) in [6.07, 6.45) is 9.06. The quantitative estimate of drug-likeness (QED) is 0.618. The van der Waals surface area contributed by atoms with E-state index in [2.05, 4.69) is 20.8 Å². The third kappa shape index (κ3) is 2.32. The van der Waals surface area contributed by atoms with Crippen molar-refractivity contribution < 1.29 is 0 Å². The molecule has 0 bridgehead atoms. The largest absolute Gasteiger partial charge is 0.0651 e. The van der Waals surface area contributed by atoms with Gasteiger partial charge in [0, 0.05) is 0 Å². The molecule has 0 aliphatic heterocycles. The van der Waals surface area contributed by atoms with Crippen LogP contribution in [-0.2, 0) is 0 Å². The minimum atomic E-state index is 1.02. The second-order valence-electron chi connectivity index (χ2n) is 6.07. The molecule has 0 nitrogen and oxygen atoms in total. The van der Waals surface area contributed by atoms with Gasteiger partial charge in [0.15, 0.2) is 0 Å². The van der Waals surface area contributed by atoms with Gasteiger partial charge in [-0.2, -0.15) is 0 Å². The van der Waals surface area contributed by atoms with Gasteiger partial charge in [-0.1, -0.05) is 40.0 Å². The van der Waals surface area contributed by atoms with Gasteiger partial charge in [0.25, 0.3) is 0 Å². The van der Waals surface area contributed by atoms with E-state index < -0.39 is 0 Å². The molecule has 0 heterocycles. The summed E-state index contributed by atoms with van der Waals surface area (Å²) in [5, 5.41) is 0. The maximum Gasteiger partial charge on any atom is -0.0357 e. The third-order valence-corrected chi connectivity index (χ3v) is 4.74. The Hall–Kier alpha value is 0. The van der Waals surface area contributed by atoms with Crippen molar-refractivity contribution in [2.45, 2.75) is 59.3 Å². The van der Waals surface area contributed by atoms with Crippen molar-refractivity contribution in [3.63, 3.8) is 0 Å². The SMILES string of the molecule is CCC(CC1CCC(C)C1)C1CC1C. The highest BCUT2D eigenvalue weighted by Crippen LogP contribution is 2.49. The molecule has 2 aliphatic rings. The van der Waals surface area contributed by atoms with Crippen LogP contribution in [-0.4, -0.2) is 0 Å². The van der Waals surface area contributed by atoms with E-state index in [1.165, 1.54) is 32.1 Å². The zero-order valence-corrected chi connectivity index (χ0v) is 10.1. The molecule has 0 spiro atoms. The molecule has 0 radical (unpaired) electrons. The minimum absolute atomic E-state index is 1.02. The lowest BCUT2D eigenvalue weighted by Gasteiger charge is -2.19. The highest BCUT2D eigenvalue weighted by atomic mass is 14.4. The number of hydrogen-bond acceptors (Lipinski definition) is 0. The average molecular weight is 194 g/mol. The van der Waals surface area contributed by atoms with Crippen LogP contribution >= 0.6 is 0 Å². The third-order valence-electron chi connectivity index (χ3n) is 4.74. The van der Waals surface area contributed by atoms with Gasteiger partial charge >= 0.3 is 0 Å². The molecule has 5 unspecified atom stereocenters. The summed E-state index contributed by atoms with van der Waals surface area (Å²) in [5.41, 5.74) is 0. The number of rotatable bonds is 4. The lowest BCUT2D eigenvalue weighted by Crippen LogP contribution is -2.09. The Balaban J connectivity index is 1.77. The van der Waals surface area contributed by atoms with Gasteiger partial charge in [0.2, 0.25) is 0 Å². The van der Waals surface area contributed by atoms with Gasteiger partial charge in [-0.15, -0.1) is 0 Å².